The molecule has 2 aromatic carbocycles. The summed E-state index contributed by atoms with van der Waals surface area (Å²) >= 11 is 75.1. The molecule has 2 atom stereocenters. The number of epoxide rings is 2. The van der Waals surface area contributed by atoms with Gasteiger partial charge in [0, 0.05) is 32.9 Å². The lowest BCUT2D eigenvalue weighted by Gasteiger charge is -2.18. The minimum Gasteiger partial charge on any atom is -0.479 e. The first-order valence-corrected chi connectivity index (χ1v) is 17.2. The van der Waals surface area contributed by atoms with Gasteiger partial charge in [0.25, 0.3) is 0 Å². The molecule has 46 heavy (non-hydrogen) atoms. The average molecular weight is 897 g/mol. The van der Waals surface area contributed by atoms with Crippen LogP contribution in [-0.2, 0) is 25.5 Å². The summed E-state index contributed by atoms with van der Waals surface area (Å²) in [5, 5.41) is 10.8. The van der Waals surface area contributed by atoms with E-state index in [1.54, 1.807) is 36.4 Å². The van der Waals surface area contributed by atoms with E-state index in [-0.39, 0.29) is 33.9 Å². The molecule has 19 heteroatoms. The van der Waals surface area contributed by atoms with E-state index in [9.17, 15) is 4.79 Å². The number of hydrogen-bond donors (Lipinski definition) is 1. The van der Waals surface area contributed by atoms with Gasteiger partial charge in [-0.25, -0.2) is 4.79 Å². The van der Waals surface area contributed by atoms with Crippen LogP contribution < -0.4 is 4.74 Å². The van der Waals surface area contributed by atoms with Gasteiger partial charge in [0.05, 0.1) is 18.2 Å². The molecule has 2 saturated heterocycles. The zero-order valence-corrected chi connectivity index (χ0v) is 32.3. The third-order valence-electron chi connectivity index (χ3n) is 5.92. The fraction of sp³-hybridized carbons (Fsp3) is 0.333. The summed E-state index contributed by atoms with van der Waals surface area (Å²) in [6.45, 7) is 0.486. The van der Waals surface area contributed by atoms with E-state index in [2.05, 4.69) is 4.98 Å². The van der Waals surface area contributed by atoms with Crippen LogP contribution in [0.25, 0.3) is 0 Å². The molecule has 2 aliphatic rings. The van der Waals surface area contributed by atoms with Crippen LogP contribution in [-0.4, -0.2) is 43.5 Å². The molecule has 1 N–H and O–H groups in total. The number of halogens is 13. The highest BCUT2D eigenvalue weighted by atomic mass is 35.6. The Bertz CT molecular complexity index is 1430. The Morgan fingerprint density at radius 3 is 1.37 bits per heavy atom. The Hall–Kier alpha value is 0.550. The highest BCUT2D eigenvalue weighted by Crippen LogP contribution is 2.51. The smallest absolute Gasteiger partial charge is 0.341 e. The minimum atomic E-state index is -1.36. The van der Waals surface area contributed by atoms with Crippen LogP contribution >= 0.6 is 151 Å². The van der Waals surface area contributed by atoms with E-state index in [0.29, 0.717) is 33.3 Å². The summed E-state index contributed by atoms with van der Waals surface area (Å²) < 4.78 is 12.8. The van der Waals surface area contributed by atoms with Gasteiger partial charge in [0.1, 0.15) is 16.2 Å². The zero-order valence-electron chi connectivity index (χ0n) is 22.5. The van der Waals surface area contributed by atoms with Crippen molar-refractivity contribution in [3.8, 4) is 5.88 Å². The standard InChI is InChI=1S/2C10H7Cl5O.C7H4Cl3NO3/c2*11-7-1-6(2-8(12)3-7)9(5-16-9)4-10(13,14)15;8-3-1-4(9)7(11-6(3)10)14-2-5(12)13/h2*1-3H,4-5H2;1H,2H2,(H,12,13). The summed E-state index contributed by atoms with van der Waals surface area (Å²) in [7, 11) is 0. The topological polar surface area (TPSA) is 84.5 Å². The number of benzene rings is 2. The van der Waals surface area contributed by atoms with Crippen molar-refractivity contribution in [1.29, 1.82) is 0 Å². The quantitative estimate of drug-likeness (QED) is 0.144. The Morgan fingerprint density at radius 1 is 0.696 bits per heavy atom. The molecule has 252 valence electrons. The van der Waals surface area contributed by atoms with E-state index in [1.165, 1.54) is 6.07 Å². The summed E-state index contributed by atoms with van der Waals surface area (Å²) in [6, 6.07) is 11.7. The van der Waals surface area contributed by atoms with Crippen molar-refractivity contribution in [1.82, 2.24) is 4.98 Å². The third kappa shape index (κ3) is 13.4. The number of pyridine rings is 1. The lowest BCUT2D eigenvalue weighted by molar-refractivity contribution is -0.139. The van der Waals surface area contributed by atoms with E-state index < -0.39 is 31.4 Å². The van der Waals surface area contributed by atoms with Crippen LogP contribution in [0.5, 0.6) is 5.88 Å². The second kappa shape index (κ2) is 16.7. The van der Waals surface area contributed by atoms with Crippen LogP contribution in [0.4, 0.5) is 0 Å². The van der Waals surface area contributed by atoms with Crippen molar-refractivity contribution < 1.29 is 24.1 Å². The number of nitrogens with zero attached hydrogens (tertiary/aromatic N) is 1. The summed E-state index contributed by atoms with van der Waals surface area (Å²) in [5.41, 5.74) is 0.576. The van der Waals surface area contributed by atoms with Crippen LogP contribution in [0.3, 0.4) is 0 Å². The number of alkyl halides is 6. The molecule has 6 nitrogen and oxygen atoms in total. The first-order chi connectivity index (χ1) is 21.1. The molecule has 3 aromatic rings. The van der Waals surface area contributed by atoms with Crippen LogP contribution in [0.1, 0.15) is 24.0 Å². The highest BCUT2D eigenvalue weighted by Gasteiger charge is 2.52. The van der Waals surface area contributed by atoms with E-state index >= 15 is 0 Å². The molecule has 0 bridgehead atoms. The lowest BCUT2D eigenvalue weighted by Crippen LogP contribution is -2.18. The number of carboxylic acids is 1. The van der Waals surface area contributed by atoms with E-state index in [1.807, 2.05) is 0 Å². The van der Waals surface area contributed by atoms with Gasteiger partial charge in [0.15, 0.2) is 19.3 Å². The molecule has 5 rings (SSSR count). The van der Waals surface area contributed by atoms with Crippen molar-refractivity contribution in [2.24, 2.45) is 0 Å². The predicted molar refractivity (Wildman–Crippen MR) is 190 cm³/mol. The van der Waals surface area contributed by atoms with Gasteiger partial charge in [-0.05, 0) is 53.6 Å². The van der Waals surface area contributed by atoms with Gasteiger partial charge in [-0.1, -0.05) is 151 Å². The van der Waals surface area contributed by atoms with Crippen molar-refractivity contribution in [3.05, 3.63) is 88.9 Å². The summed E-state index contributed by atoms with van der Waals surface area (Å²) in [5.74, 6) is -1.18. The molecule has 2 fully saturated rings. The SMILES string of the molecule is Clc1cc(Cl)cc(C2(CC(Cl)(Cl)Cl)CO2)c1.Clc1cc(Cl)cc(C2(CC(Cl)(Cl)Cl)CO2)c1.O=C(O)COc1nc(Cl)c(Cl)cc1Cl. The largest absolute Gasteiger partial charge is 0.479 e. The number of ether oxygens (including phenoxy) is 3. The van der Waals surface area contributed by atoms with Crippen LogP contribution in [0.15, 0.2) is 42.5 Å². The van der Waals surface area contributed by atoms with Crippen LogP contribution in [0.2, 0.25) is 35.3 Å². The highest BCUT2D eigenvalue weighted by molar-refractivity contribution is 6.68. The molecular weight excluding hydrogens is 879 g/mol. The van der Waals surface area contributed by atoms with Crippen molar-refractivity contribution in [3.63, 3.8) is 0 Å². The first kappa shape index (κ1) is 41.0. The molecule has 3 heterocycles. The Balaban J connectivity index is 0.000000188. The molecule has 0 aliphatic carbocycles. The Labute approximate surface area is 329 Å². The molecule has 0 radical (unpaired) electrons. The molecule has 0 spiro atoms. The molecule has 0 saturated carbocycles. The third-order valence-corrected chi connectivity index (χ3v) is 8.54. The van der Waals surface area contributed by atoms with Crippen molar-refractivity contribution >= 4 is 157 Å². The van der Waals surface area contributed by atoms with Gasteiger partial charge < -0.3 is 19.3 Å². The van der Waals surface area contributed by atoms with Crippen molar-refractivity contribution in [2.45, 2.75) is 31.6 Å². The van der Waals surface area contributed by atoms with Gasteiger partial charge in [-0.2, -0.15) is 4.98 Å². The molecule has 0 amide bonds. The van der Waals surface area contributed by atoms with Gasteiger partial charge in [-0.15, -0.1) is 0 Å². The van der Waals surface area contributed by atoms with Crippen molar-refractivity contribution in [2.75, 3.05) is 19.8 Å². The van der Waals surface area contributed by atoms with E-state index in [0.717, 1.165) is 11.1 Å². The lowest BCUT2D eigenvalue weighted by atomic mass is 9.97. The number of carbonyl (C=O) groups is 1. The van der Waals surface area contributed by atoms with Gasteiger partial charge in [-0.3, -0.25) is 0 Å². The second-order valence-corrected chi connectivity index (χ2v) is 17.6. The number of carboxylic acid groups (broad SMARTS) is 1. The summed E-state index contributed by atoms with van der Waals surface area (Å²) in [6.07, 6.45) is 0.558. The zero-order chi connectivity index (χ0) is 34.7. The number of hydrogen-bond acceptors (Lipinski definition) is 5. The van der Waals surface area contributed by atoms with Gasteiger partial charge in [0.2, 0.25) is 5.88 Å². The maximum atomic E-state index is 10.2. The molecule has 2 aliphatic heterocycles. The molecular formula is C27H18Cl13NO5. The maximum absolute atomic E-state index is 10.2. The minimum absolute atomic E-state index is 0.0106. The predicted octanol–water partition coefficient (Wildman–Crippen LogP) is 12.5. The fourth-order valence-electron chi connectivity index (χ4n) is 3.86. The fourth-order valence-corrected chi connectivity index (χ4v) is 6.75. The number of rotatable bonds is 7. The molecule has 1 aromatic heterocycles. The normalized spacial score (nSPS) is 20.1. The first-order valence-electron chi connectivity index (χ1n) is 12.3. The Kier molecular flexibility index (Phi) is 14.9. The average Bonchev–Trinajstić information content (AvgIpc) is 3.81. The number of aromatic nitrogens is 1. The molecule has 2 unspecified atom stereocenters. The number of aliphatic carboxylic acids is 1. The monoisotopic (exact) mass is 891 g/mol. The van der Waals surface area contributed by atoms with Crippen LogP contribution in [0, 0.1) is 0 Å². The second-order valence-electron chi connectivity index (χ2n) is 9.70. The Morgan fingerprint density at radius 2 is 1.07 bits per heavy atom. The van der Waals surface area contributed by atoms with E-state index in [4.69, 9.17) is 170 Å². The van der Waals surface area contributed by atoms with Gasteiger partial charge >= 0.3 is 5.97 Å². The summed E-state index contributed by atoms with van der Waals surface area (Å²) in [4.78, 5) is 13.8. The maximum Gasteiger partial charge on any atom is 0.341 e.